The van der Waals surface area contributed by atoms with Crippen molar-refractivity contribution < 1.29 is 9.47 Å². The molecule has 0 bridgehead atoms. The van der Waals surface area contributed by atoms with Crippen molar-refractivity contribution in [1.82, 2.24) is 9.47 Å². The quantitative estimate of drug-likeness (QED) is 0.805. The molecule has 2 unspecified atom stereocenters. The fourth-order valence-electron chi connectivity index (χ4n) is 3.52. The first-order valence-corrected chi connectivity index (χ1v) is 8.44. The Morgan fingerprint density at radius 2 is 1.81 bits per heavy atom. The Bertz CT molecular complexity index is 388. The molecule has 0 spiro atoms. The van der Waals surface area contributed by atoms with Gasteiger partial charge in [-0.2, -0.15) is 0 Å². The molecule has 1 aliphatic heterocycles. The largest absolute Gasteiger partial charge is 0.379 e. The van der Waals surface area contributed by atoms with E-state index in [4.69, 9.17) is 9.47 Å². The number of ether oxygens (including phenoxy) is 2. The second kappa shape index (κ2) is 7.97. The van der Waals surface area contributed by atoms with Crippen LogP contribution in [0.5, 0.6) is 0 Å². The molecule has 2 atom stereocenters. The van der Waals surface area contributed by atoms with Crippen LogP contribution in [0.2, 0.25) is 0 Å². The van der Waals surface area contributed by atoms with Gasteiger partial charge in [0, 0.05) is 44.5 Å². The summed E-state index contributed by atoms with van der Waals surface area (Å²) in [6.45, 7) is 6.89. The molecule has 1 aliphatic carbocycles. The summed E-state index contributed by atoms with van der Waals surface area (Å²) in [4.78, 5) is 2.45. The van der Waals surface area contributed by atoms with Gasteiger partial charge in [-0.1, -0.05) is 12.8 Å². The lowest BCUT2D eigenvalue weighted by Crippen LogP contribution is -2.39. The van der Waals surface area contributed by atoms with E-state index in [1.54, 1.807) is 0 Å². The standard InChI is InChI=1S/C17H28N2O2/c1-2-6-17(16(5-1)15-19-7-3-4-8-19)21-14-11-18-9-12-20-13-10-18/h3-4,7-8,16-17H,1-2,5-6,9-15H2. The smallest absolute Gasteiger partial charge is 0.0620 e. The second-order valence-electron chi connectivity index (χ2n) is 6.29. The summed E-state index contributed by atoms with van der Waals surface area (Å²) in [5.74, 6) is 0.677. The van der Waals surface area contributed by atoms with Gasteiger partial charge in [-0.25, -0.2) is 0 Å². The highest BCUT2D eigenvalue weighted by Crippen LogP contribution is 2.28. The number of aromatic nitrogens is 1. The molecule has 3 rings (SSSR count). The van der Waals surface area contributed by atoms with Crippen molar-refractivity contribution in [2.75, 3.05) is 39.5 Å². The van der Waals surface area contributed by atoms with Gasteiger partial charge in [0.15, 0.2) is 0 Å². The topological polar surface area (TPSA) is 26.6 Å². The lowest BCUT2D eigenvalue weighted by Gasteiger charge is -2.33. The van der Waals surface area contributed by atoms with Crippen molar-refractivity contribution in [3.05, 3.63) is 24.5 Å². The highest BCUT2D eigenvalue weighted by atomic mass is 16.5. The number of hydrogen-bond acceptors (Lipinski definition) is 3. The summed E-state index contributed by atoms with van der Waals surface area (Å²) >= 11 is 0. The van der Waals surface area contributed by atoms with Crippen LogP contribution in [0.15, 0.2) is 24.5 Å². The lowest BCUT2D eigenvalue weighted by atomic mass is 9.86. The minimum absolute atomic E-state index is 0.446. The van der Waals surface area contributed by atoms with Crippen molar-refractivity contribution >= 4 is 0 Å². The van der Waals surface area contributed by atoms with Crippen LogP contribution in [0.1, 0.15) is 25.7 Å². The van der Waals surface area contributed by atoms with Crippen LogP contribution in [0.3, 0.4) is 0 Å². The van der Waals surface area contributed by atoms with Crippen molar-refractivity contribution in [2.24, 2.45) is 5.92 Å². The average molecular weight is 292 g/mol. The van der Waals surface area contributed by atoms with Crippen LogP contribution in [0.25, 0.3) is 0 Å². The highest BCUT2D eigenvalue weighted by molar-refractivity contribution is 4.91. The minimum Gasteiger partial charge on any atom is -0.379 e. The summed E-state index contributed by atoms with van der Waals surface area (Å²) in [5.41, 5.74) is 0. The number of morpholine rings is 1. The maximum absolute atomic E-state index is 6.25. The molecule has 1 saturated heterocycles. The normalized spacial score (nSPS) is 27.8. The van der Waals surface area contributed by atoms with E-state index in [9.17, 15) is 0 Å². The third-order valence-electron chi connectivity index (χ3n) is 4.79. The lowest BCUT2D eigenvalue weighted by molar-refractivity contribution is -0.0351. The van der Waals surface area contributed by atoms with E-state index in [-0.39, 0.29) is 0 Å². The van der Waals surface area contributed by atoms with Gasteiger partial charge in [0.2, 0.25) is 0 Å². The number of rotatable bonds is 6. The van der Waals surface area contributed by atoms with E-state index in [1.165, 1.54) is 25.7 Å². The van der Waals surface area contributed by atoms with E-state index in [1.807, 2.05) is 0 Å². The van der Waals surface area contributed by atoms with Crippen molar-refractivity contribution in [2.45, 2.75) is 38.3 Å². The summed E-state index contributed by atoms with van der Waals surface area (Å²) in [5, 5.41) is 0. The molecular formula is C17H28N2O2. The first-order chi connectivity index (χ1) is 10.4. The molecule has 21 heavy (non-hydrogen) atoms. The molecule has 2 fully saturated rings. The maximum Gasteiger partial charge on any atom is 0.0620 e. The second-order valence-corrected chi connectivity index (χ2v) is 6.29. The SMILES string of the molecule is c1ccn(CC2CCCCC2OCCN2CCOCC2)c1. The Labute approximate surface area is 128 Å². The molecule has 1 aromatic heterocycles. The average Bonchev–Trinajstić information content (AvgIpc) is 3.03. The zero-order chi connectivity index (χ0) is 14.3. The third kappa shape index (κ3) is 4.56. The van der Waals surface area contributed by atoms with Gasteiger partial charge in [0.1, 0.15) is 0 Å². The van der Waals surface area contributed by atoms with Crippen molar-refractivity contribution in [1.29, 1.82) is 0 Å². The molecule has 1 saturated carbocycles. The van der Waals surface area contributed by atoms with Crippen LogP contribution in [0.4, 0.5) is 0 Å². The molecule has 0 amide bonds. The van der Waals surface area contributed by atoms with E-state index >= 15 is 0 Å². The first kappa shape index (κ1) is 15.1. The fourth-order valence-corrected chi connectivity index (χ4v) is 3.52. The van der Waals surface area contributed by atoms with Crippen molar-refractivity contribution in [3.63, 3.8) is 0 Å². The zero-order valence-electron chi connectivity index (χ0n) is 13.0. The minimum atomic E-state index is 0.446. The van der Waals surface area contributed by atoms with Crippen LogP contribution < -0.4 is 0 Å². The zero-order valence-corrected chi connectivity index (χ0v) is 13.0. The molecule has 0 radical (unpaired) electrons. The van der Waals surface area contributed by atoms with Crippen LogP contribution in [0, 0.1) is 5.92 Å². The van der Waals surface area contributed by atoms with Gasteiger partial charge >= 0.3 is 0 Å². The Kier molecular flexibility index (Phi) is 5.72. The molecule has 0 aromatic carbocycles. The predicted octanol–water partition coefficient (Wildman–Crippen LogP) is 2.40. The molecule has 4 nitrogen and oxygen atoms in total. The fraction of sp³-hybridized carbons (Fsp3) is 0.765. The van der Waals surface area contributed by atoms with E-state index in [0.29, 0.717) is 12.0 Å². The van der Waals surface area contributed by atoms with Crippen molar-refractivity contribution in [3.8, 4) is 0 Å². The van der Waals surface area contributed by atoms with Gasteiger partial charge in [-0.3, -0.25) is 4.90 Å². The van der Waals surface area contributed by atoms with E-state index in [0.717, 1.165) is 46.0 Å². The van der Waals surface area contributed by atoms with Gasteiger partial charge in [0.25, 0.3) is 0 Å². The monoisotopic (exact) mass is 292 g/mol. The third-order valence-corrected chi connectivity index (χ3v) is 4.79. The van der Waals surface area contributed by atoms with Crippen LogP contribution in [-0.2, 0) is 16.0 Å². The van der Waals surface area contributed by atoms with Gasteiger partial charge in [-0.15, -0.1) is 0 Å². The summed E-state index contributed by atoms with van der Waals surface area (Å²) < 4.78 is 13.9. The predicted molar refractivity (Wildman–Crippen MR) is 83.4 cm³/mol. The molecule has 4 heteroatoms. The molecule has 0 N–H and O–H groups in total. The Balaban J connectivity index is 1.43. The van der Waals surface area contributed by atoms with E-state index in [2.05, 4.69) is 34.0 Å². The van der Waals surface area contributed by atoms with Gasteiger partial charge in [0.05, 0.1) is 25.9 Å². The summed E-state index contributed by atoms with van der Waals surface area (Å²) in [7, 11) is 0. The Hall–Kier alpha value is -0.840. The van der Waals surface area contributed by atoms with Gasteiger partial charge in [-0.05, 0) is 25.0 Å². The molecule has 118 valence electrons. The molecular weight excluding hydrogens is 264 g/mol. The highest BCUT2D eigenvalue weighted by Gasteiger charge is 2.26. The first-order valence-electron chi connectivity index (χ1n) is 8.44. The Morgan fingerprint density at radius 1 is 1.05 bits per heavy atom. The Morgan fingerprint density at radius 3 is 2.62 bits per heavy atom. The molecule has 1 aromatic rings. The number of nitrogens with zero attached hydrogens (tertiary/aromatic N) is 2. The van der Waals surface area contributed by atoms with Crippen LogP contribution >= 0.6 is 0 Å². The number of hydrogen-bond donors (Lipinski definition) is 0. The molecule has 2 heterocycles. The van der Waals surface area contributed by atoms with E-state index < -0.39 is 0 Å². The van der Waals surface area contributed by atoms with Gasteiger partial charge < -0.3 is 14.0 Å². The van der Waals surface area contributed by atoms with Crippen LogP contribution in [-0.4, -0.2) is 55.0 Å². The molecule has 2 aliphatic rings. The summed E-state index contributed by atoms with van der Waals surface area (Å²) in [6, 6.07) is 4.22. The maximum atomic E-state index is 6.25. The summed E-state index contributed by atoms with van der Waals surface area (Å²) in [6.07, 6.45) is 10.00.